The molecule has 0 bridgehead atoms. The maximum Gasteiger partial charge on any atom is 0.276 e. The fourth-order valence-electron chi connectivity index (χ4n) is 3.70. The maximum atomic E-state index is 13.5. The normalized spacial score (nSPS) is 13.0. The zero-order chi connectivity index (χ0) is 22.9. The quantitative estimate of drug-likeness (QED) is 0.459. The van der Waals surface area contributed by atoms with Crippen LogP contribution in [0.4, 0.5) is 5.13 Å². The Labute approximate surface area is 198 Å². The number of anilines is 1. The van der Waals surface area contributed by atoms with Gasteiger partial charge in [-0.2, -0.15) is 0 Å². The molecule has 1 aliphatic rings. The van der Waals surface area contributed by atoms with Gasteiger partial charge in [-0.3, -0.25) is 19.9 Å². The van der Waals surface area contributed by atoms with Gasteiger partial charge >= 0.3 is 0 Å². The Morgan fingerprint density at radius 1 is 1.18 bits per heavy atom. The number of halogens is 1. The minimum absolute atomic E-state index is 0.179. The van der Waals surface area contributed by atoms with Gasteiger partial charge in [0.05, 0.1) is 17.3 Å². The summed E-state index contributed by atoms with van der Waals surface area (Å²) in [7, 11) is 0. The number of aryl methyl sites for hydroxylation is 1. The van der Waals surface area contributed by atoms with Crippen LogP contribution in [0.3, 0.4) is 0 Å². The van der Waals surface area contributed by atoms with Crippen molar-refractivity contribution in [2.24, 2.45) is 0 Å². The van der Waals surface area contributed by atoms with Crippen LogP contribution in [0.25, 0.3) is 11.3 Å². The topological polar surface area (TPSA) is 101 Å². The molecule has 5 rings (SSSR count). The van der Waals surface area contributed by atoms with Gasteiger partial charge in [-0.1, -0.05) is 52.4 Å². The predicted molar refractivity (Wildman–Crippen MR) is 124 cm³/mol. The van der Waals surface area contributed by atoms with E-state index in [0.29, 0.717) is 57.9 Å². The van der Waals surface area contributed by atoms with Crippen molar-refractivity contribution in [1.29, 1.82) is 0 Å². The Kier molecular flexibility index (Phi) is 5.65. The Hall–Kier alpha value is -3.56. The number of aromatic nitrogens is 3. The van der Waals surface area contributed by atoms with Gasteiger partial charge < -0.3 is 9.42 Å². The van der Waals surface area contributed by atoms with Crippen LogP contribution in [-0.4, -0.2) is 38.4 Å². The van der Waals surface area contributed by atoms with Crippen molar-refractivity contribution in [3.63, 3.8) is 0 Å². The third-order valence-electron chi connectivity index (χ3n) is 5.34. The molecule has 0 fully saturated rings. The van der Waals surface area contributed by atoms with Crippen molar-refractivity contribution >= 4 is 39.9 Å². The first-order chi connectivity index (χ1) is 16.0. The molecular formula is C23H18ClN5O3S. The molecule has 4 heterocycles. The number of thiazole rings is 1. The number of fused-ring (bicyclic) bond motifs is 1. The van der Waals surface area contributed by atoms with Crippen molar-refractivity contribution in [1.82, 2.24) is 20.0 Å². The standard InChI is InChI=1S/C23H18ClN5O3S/c1-13-19(20(28-32-13)14-6-2-3-7-15(14)24)22(31)29-11-9-16-18(12-29)33-23(26-16)27-21(30)17-8-4-5-10-25-17/h2-8,10H,9,11-12H2,1H3,(H,26,27,30). The smallest absolute Gasteiger partial charge is 0.276 e. The third-order valence-corrected chi connectivity index (χ3v) is 6.67. The summed E-state index contributed by atoms with van der Waals surface area (Å²) in [5, 5.41) is 7.88. The molecule has 0 radical (unpaired) electrons. The zero-order valence-corrected chi connectivity index (χ0v) is 19.1. The van der Waals surface area contributed by atoms with Gasteiger partial charge in [0.2, 0.25) is 0 Å². The average Bonchev–Trinajstić information content (AvgIpc) is 3.41. The molecule has 0 saturated heterocycles. The van der Waals surface area contributed by atoms with Gasteiger partial charge in [0, 0.05) is 29.6 Å². The fourth-order valence-corrected chi connectivity index (χ4v) is 4.94. The summed E-state index contributed by atoms with van der Waals surface area (Å²) in [4.78, 5) is 37.1. The van der Waals surface area contributed by atoms with E-state index < -0.39 is 0 Å². The number of hydrogen-bond donors (Lipinski definition) is 1. The van der Waals surface area contributed by atoms with Crippen LogP contribution >= 0.6 is 22.9 Å². The van der Waals surface area contributed by atoms with E-state index in [1.165, 1.54) is 11.3 Å². The Balaban J connectivity index is 1.36. The van der Waals surface area contributed by atoms with Gasteiger partial charge in [-0.05, 0) is 25.1 Å². The van der Waals surface area contributed by atoms with E-state index in [1.54, 1.807) is 42.3 Å². The molecule has 1 N–H and O–H groups in total. The van der Waals surface area contributed by atoms with Crippen molar-refractivity contribution in [2.75, 3.05) is 11.9 Å². The van der Waals surface area contributed by atoms with E-state index in [0.717, 1.165) is 10.6 Å². The Bertz CT molecular complexity index is 1350. The van der Waals surface area contributed by atoms with Crippen molar-refractivity contribution < 1.29 is 14.1 Å². The van der Waals surface area contributed by atoms with Crippen molar-refractivity contribution in [3.05, 3.63) is 81.3 Å². The molecule has 0 spiro atoms. The third kappa shape index (κ3) is 4.12. The molecule has 1 aliphatic heterocycles. The molecule has 0 unspecified atom stereocenters. The number of carbonyl (C=O) groups excluding carboxylic acids is 2. The van der Waals surface area contributed by atoms with E-state index in [4.69, 9.17) is 16.1 Å². The first-order valence-electron chi connectivity index (χ1n) is 10.2. The molecule has 4 aromatic rings. The summed E-state index contributed by atoms with van der Waals surface area (Å²) in [5.41, 5.74) is 2.68. The van der Waals surface area contributed by atoms with E-state index in [9.17, 15) is 9.59 Å². The highest BCUT2D eigenvalue weighted by Crippen LogP contribution is 2.34. The second kappa shape index (κ2) is 8.76. The first kappa shape index (κ1) is 21.3. The summed E-state index contributed by atoms with van der Waals surface area (Å²) >= 11 is 7.69. The van der Waals surface area contributed by atoms with E-state index in [2.05, 4.69) is 20.4 Å². The van der Waals surface area contributed by atoms with E-state index >= 15 is 0 Å². The van der Waals surface area contributed by atoms with Crippen LogP contribution < -0.4 is 5.32 Å². The van der Waals surface area contributed by atoms with Crippen LogP contribution in [0.2, 0.25) is 5.02 Å². The number of benzene rings is 1. The highest BCUT2D eigenvalue weighted by atomic mass is 35.5. The number of nitrogens with one attached hydrogen (secondary N) is 1. The second-order valence-electron chi connectivity index (χ2n) is 7.48. The van der Waals surface area contributed by atoms with Crippen molar-refractivity contribution in [2.45, 2.75) is 19.9 Å². The number of pyridine rings is 1. The van der Waals surface area contributed by atoms with E-state index in [1.807, 2.05) is 18.2 Å². The lowest BCUT2D eigenvalue weighted by molar-refractivity contribution is 0.0735. The molecule has 1 aromatic carbocycles. The Morgan fingerprint density at radius 3 is 2.79 bits per heavy atom. The van der Waals surface area contributed by atoms with Gasteiger partial charge in [0.1, 0.15) is 22.7 Å². The molecule has 8 nitrogen and oxygen atoms in total. The molecule has 3 aromatic heterocycles. The molecule has 166 valence electrons. The molecular weight excluding hydrogens is 462 g/mol. The minimum atomic E-state index is -0.320. The van der Waals surface area contributed by atoms with Gasteiger partial charge in [-0.25, -0.2) is 4.98 Å². The lowest BCUT2D eigenvalue weighted by Gasteiger charge is -2.26. The molecule has 2 amide bonds. The summed E-state index contributed by atoms with van der Waals surface area (Å²) in [5.74, 6) is -0.0609. The van der Waals surface area contributed by atoms with Crippen molar-refractivity contribution in [3.8, 4) is 11.3 Å². The predicted octanol–water partition coefficient (Wildman–Crippen LogP) is 4.61. The average molecular weight is 480 g/mol. The monoisotopic (exact) mass is 479 g/mol. The van der Waals surface area contributed by atoms with Crippen LogP contribution in [0.5, 0.6) is 0 Å². The Morgan fingerprint density at radius 2 is 2.00 bits per heavy atom. The maximum absolute atomic E-state index is 13.5. The lowest BCUT2D eigenvalue weighted by atomic mass is 10.0. The van der Waals surface area contributed by atoms with Gasteiger partial charge in [0.25, 0.3) is 11.8 Å². The summed E-state index contributed by atoms with van der Waals surface area (Å²) in [6.45, 7) is 2.60. The highest BCUT2D eigenvalue weighted by molar-refractivity contribution is 7.15. The molecule has 0 saturated carbocycles. The van der Waals surface area contributed by atoms with Gasteiger partial charge in [-0.15, -0.1) is 0 Å². The lowest BCUT2D eigenvalue weighted by Crippen LogP contribution is -2.35. The zero-order valence-electron chi connectivity index (χ0n) is 17.5. The first-order valence-corrected chi connectivity index (χ1v) is 11.4. The summed E-state index contributed by atoms with van der Waals surface area (Å²) in [6.07, 6.45) is 2.15. The highest BCUT2D eigenvalue weighted by Gasteiger charge is 2.30. The molecule has 0 atom stereocenters. The number of rotatable bonds is 4. The summed E-state index contributed by atoms with van der Waals surface area (Å²) < 4.78 is 5.36. The largest absolute Gasteiger partial charge is 0.360 e. The number of carbonyl (C=O) groups is 2. The SMILES string of the molecule is Cc1onc(-c2ccccc2Cl)c1C(=O)N1CCc2nc(NC(=O)c3ccccn3)sc2C1. The van der Waals surface area contributed by atoms with Crippen LogP contribution in [0.15, 0.2) is 53.2 Å². The molecule has 10 heteroatoms. The second-order valence-corrected chi connectivity index (χ2v) is 8.97. The summed E-state index contributed by atoms with van der Waals surface area (Å²) in [6, 6.07) is 12.4. The van der Waals surface area contributed by atoms with Crippen LogP contribution in [0, 0.1) is 6.92 Å². The fraction of sp³-hybridized carbons (Fsp3) is 0.174. The molecule has 0 aliphatic carbocycles. The van der Waals surface area contributed by atoms with Crippen LogP contribution in [0.1, 0.15) is 37.2 Å². The molecule has 33 heavy (non-hydrogen) atoms. The number of nitrogens with zero attached hydrogens (tertiary/aromatic N) is 4. The number of amides is 2. The van der Waals surface area contributed by atoms with Gasteiger partial charge in [0.15, 0.2) is 5.13 Å². The number of hydrogen-bond acceptors (Lipinski definition) is 7. The van der Waals surface area contributed by atoms with Crippen LogP contribution in [-0.2, 0) is 13.0 Å². The minimum Gasteiger partial charge on any atom is -0.360 e. The van der Waals surface area contributed by atoms with E-state index in [-0.39, 0.29) is 11.8 Å².